The topological polar surface area (TPSA) is 39.2 Å². The maximum Gasteiger partial charge on any atom is 0.134 e. The maximum absolute atomic E-state index is 6.58. The molecule has 2 N–H and O–H groups in total. The van der Waals surface area contributed by atoms with Gasteiger partial charge in [0.25, 0.3) is 0 Å². The molecule has 1 aromatic heterocycles. The molecule has 0 aliphatic carbocycles. The minimum Gasteiger partial charge on any atom is -0.461 e. The molecule has 21 heavy (non-hydrogen) atoms. The predicted octanol–water partition coefficient (Wildman–Crippen LogP) is 5.11. The van der Waals surface area contributed by atoms with Crippen molar-refractivity contribution >= 4 is 26.9 Å². The van der Waals surface area contributed by atoms with Gasteiger partial charge in [-0.3, -0.25) is 0 Å². The molecule has 1 heterocycles. The SMILES string of the molecule is CCc1oc2ccccc2c1C(N)c1cccc(C)c1Br. The van der Waals surface area contributed by atoms with Crippen molar-refractivity contribution in [3.05, 3.63) is 69.4 Å². The first-order chi connectivity index (χ1) is 10.1. The summed E-state index contributed by atoms with van der Waals surface area (Å²) < 4.78 is 7.04. The third-order valence-corrected chi connectivity index (χ3v) is 4.98. The molecule has 0 radical (unpaired) electrons. The lowest BCUT2D eigenvalue weighted by Gasteiger charge is -2.16. The number of para-hydroxylation sites is 1. The van der Waals surface area contributed by atoms with E-state index in [1.807, 2.05) is 24.3 Å². The second-order valence-corrected chi connectivity index (χ2v) is 6.04. The van der Waals surface area contributed by atoms with Gasteiger partial charge in [0.15, 0.2) is 0 Å². The smallest absolute Gasteiger partial charge is 0.134 e. The summed E-state index contributed by atoms with van der Waals surface area (Å²) in [6.07, 6.45) is 0.834. The zero-order chi connectivity index (χ0) is 15.0. The molecule has 2 nitrogen and oxygen atoms in total. The van der Waals surface area contributed by atoms with Crippen LogP contribution in [0, 0.1) is 6.92 Å². The van der Waals surface area contributed by atoms with Crippen LogP contribution in [-0.2, 0) is 6.42 Å². The maximum atomic E-state index is 6.58. The van der Waals surface area contributed by atoms with Crippen molar-refractivity contribution < 1.29 is 4.42 Å². The third-order valence-electron chi connectivity index (χ3n) is 3.90. The average Bonchev–Trinajstić information content (AvgIpc) is 2.88. The van der Waals surface area contributed by atoms with Gasteiger partial charge >= 0.3 is 0 Å². The fourth-order valence-corrected chi connectivity index (χ4v) is 3.30. The van der Waals surface area contributed by atoms with Crippen molar-refractivity contribution in [2.24, 2.45) is 5.73 Å². The number of furan rings is 1. The average molecular weight is 344 g/mol. The minimum absolute atomic E-state index is 0.196. The van der Waals surface area contributed by atoms with E-state index in [-0.39, 0.29) is 6.04 Å². The van der Waals surface area contributed by atoms with Gasteiger partial charge < -0.3 is 10.2 Å². The molecule has 108 valence electrons. The van der Waals surface area contributed by atoms with E-state index in [9.17, 15) is 0 Å². The highest BCUT2D eigenvalue weighted by molar-refractivity contribution is 9.10. The van der Waals surface area contributed by atoms with Crippen LogP contribution >= 0.6 is 15.9 Å². The zero-order valence-corrected chi connectivity index (χ0v) is 13.8. The molecule has 0 aliphatic heterocycles. The van der Waals surface area contributed by atoms with Gasteiger partial charge in [0.2, 0.25) is 0 Å². The van der Waals surface area contributed by atoms with Gasteiger partial charge in [-0.2, -0.15) is 0 Å². The summed E-state index contributed by atoms with van der Waals surface area (Å²) in [6, 6.07) is 14.1. The number of rotatable bonds is 3. The van der Waals surface area contributed by atoms with Crippen LogP contribution in [0.5, 0.6) is 0 Å². The molecule has 1 atom stereocenters. The Morgan fingerprint density at radius 2 is 1.90 bits per heavy atom. The summed E-state index contributed by atoms with van der Waals surface area (Å²) >= 11 is 3.67. The lowest BCUT2D eigenvalue weighted by Crippen LogP contribution is -2.14. The largest absolute Gasteiger partial charge is 0.461 e. The van der Waals surface area contributed by atoms with Crippen molar-refractivity contribution in [3.63, 3.8) is 0 Å². The fraction of sp³-hybridized carbons (Fsp3) is 0.222. The minimum atomic E-state index is -0.196. The van der Waals surface area contributed by atoms with Gasteiger partial charge in [-0.25, -0.2) is 0 Å². The third kappa shape index (κ3) is 2.41. The van der Waals surface area contributed by atoms with E-state index in [2.05, 4.69) is 48.0 Å². The summed E-state index contributed by atoms with van der Waals surface area (Å²) in [7, 11) is 0. The first-order valence-corrected chi connectivity index (χ1v) is 7.93. The van der Waals surface area contributed by atoms with Crippen molar-refractivity contribution in [1.82, 2.24) is 0 Å². The van der Waals surface area contributed by atoms with Crippen LogP contribution in [0.25, 0.3) is 11.0 Å². The molecule has 0 fully saturated rings. The van der Waals surface area contributed by atoms with Crippen molar-refractivity contribution in [2.45, 2.75) is 26.3 Å². The number of fused-ring (bicyclic) bond motifs is 1. The van der Waals surface area contributed by atoms with Gasteiger partial charge in [0.05, 0.1) is 6.04 Å². The van der Waals surface area contributed by atoms with Crippen LogP contribution < -0.4 is 5.73 Å². The standard InChI is InChI=1S/C18H18BrNO/c1-3-14-16(12-8-4-5-10-15(12)21-14)18(20)13-9-6-7-11(2)17(13)19/h4-10,18H,3,20H2,1-2H3. The molecule has 3 rings (SSSR count). The van der Waals surface area contributed by atoms with Gasteiger partial charge in [0.1, 0.15) is 11.3 Å². The summed E-state index contributed by atoms with van der Waals surface area (Å²) in [6.45, 7) is 4.17. The van der Waals surface area contributed by atoms with E-state index in [1.54, 1.807) is 0 Å². The van der Waals surface area contributed by atoms with Crippen molar-refractivity contribution in [1.29, 1.82) is 0 Å². The summed E-state index contributed by atoms with van der Waals surface area (Å²) in [4.78, 5) is 0. The van der Waals surface area contributed by atoms with Gasteiger partial charge in [0, 0.05) is 21.8 Å². The molecule has 3 heteroatoms. The highest BCUT2D eigenvalue weighted by Crippen LogP contribution is 2.36. The normalized spacial score (nSPS) is 12.8. The lowest BCUT2D eigenvalue weighted by molar-refractivity contribution is 0.546. The quantitative estimate of drug-likeness (QED) is 0.717. The highest BCUT2D eigenvalue weighted by Gasteiger charge is 2.22. The molecule has 0 saturated heterocycles. The second-order valence-electron chi connectivity index (χ2n) is 5.24. The Balaban J connectivity index is 2.21. The van der Waals surface area contributed by atoms with Gasteiger partial charge in [-0.15, -0.1) is 0 Å². The van der Waals surface area contributed by atoms with Crippen LogP contribution in [-0.4, -0.2) is 0 Å². The Morgan fingerprint density at radius 3 is 2.67 bits per heavy atom. The van der Waals surface area contributed by atoms with Crippen molar-refractivity contribution in [3.8, 4) is 0 Å². The Morgan fingerprint density at radius 1 is 1.14 bits per heavy atom. The van der Waals surface area contributed by atoms with Crippen LogP contribution in [0.2, 0.25) is 0 Å². The van der Waals surface area contributed by atoms with Gasteiger partial charge in [-0.05, 0) is 24.1 Å². The Labute approximate surface area is 133 Å². The molecule has 0 spiro atoms. The lowest BCUT2D eigenvalue weighted by atomic mass is 9.95. The number of hydrogen-bond acceptors (Lipinski definition) is 2. The number of benzene rings is 2. The Hall–Kier alpha value is -1.58. The zero-order valence-electron chi connectivity index (χ0n) is 12.2. The van der Waals surface area contributed by atoms with Crippen LogP contribution in [0.4, 0.5) is 0 Å². The highest BCUT2D eigenvalue weighted by atomic mass is 79.9. The second kappa shape index (κ2) is 5.66. The summed E-state index contributed by atoms with van der Waals surface area (Å²) in [5.74, 6) is 0.970. The summed E-state index contributed by atoms with van der Waals surface area (Å²) in [5, 5.41) is 1.11. The molecule has 1 unspecified atom stereocenters. The number of nitrogens with two attached hydrogens (primary N) is 1. The molecule has 0 aliphatic rings. The van der Waals surface area contributed by atoms with Crippen LogP contribution in [0.3, 0.4) is 0 Å². The van der Waals surface area contributed by atoms with E-state index in [1.165, 1.54) is 5.56 Å². The molecule has 0 amide bonds. The van der Waals surface area contributed by atoms with E-state index < -0.39 is 0 Å². The molecule has 2 aromatic carbocycles. The Bertz CT molecular complexity index is 791. The van der Waals surface area contributed by atoms with Crippen molar-refractivity contribution in [2.75, 3.05) is 0 Å². The first kappa shape index (κ1) is 14.4. The number of halogens is 1. The fourth-order valence-electron chi connectivity index (χ4n) is 2.79. The first-order valence-electron chi connectivity index (χ1n) is 7.14. The van der Waals surface area contributed by atoms with Crippen LogP contribution in [0.1, 0.15) is 35.4 Å². The molecular weight excluding hydrogens is 326 g/mol. The monoisotopic (exact) mass is 343 g/mol. The molecule has 3 aromatic rings. The molecule has 0 saturated carbocycles. The van der Waals surface area contributed by atoms with E-state index in [0.717, 1.165) is 38.7 Å². The number of hydrogen-bond donors (Lipinski definition) is 1. The molecular formula is C18H18BrNO. The molecule has 0 bridgehead atoms. The van der Waals surface area contributed by atoms with Crippen LogP contribution in [0.15, 0.2) is 51.4 Å². The van der Waals surface area contributed by atoms with E-state index in [0.29, 0.717) is 0 Å². The summed E-state index contributed by atoms with van der Waals surface area (Å²) in [5.41, 5.74) is 10.9. The van der Waals surface area contributed by atoms with E-state index in [4.69, 9.17) is 10.2 Å². The Kier molecular flexibility index (Phi) is 3.87. The number of aryl methyl sites for hydroxylation is 2. The van der Waals surface area contributed by atoms with E-state index >= 15 is 0 Å². The van der Waals surface area contributed by atoms with Gasteiger partial charge in [-0.1, -0.05) is 59.3 Å². The predicted molar refractivity (Wildman–Crippen MR) is 90.5 cm³/mol.